The smallest absolute Gasteiger partial charge is 0.0944 e. The summed E-state index contributed by atoms with van der Waals surface area (Å²) in [5.74, 6) is 0. The number of nitriles is 1. The molecule has 1 aliphatic heterocycles. The van der Waals surface area contributed by atoms with Crippen LogP contribution in [0.25, 0.3) is 0 Å². The largest absolute Gasteiger partial charge is 0.308 e. The number of allylic oxidation sites excluding steroid dienone is 1. The van der Waals surface area contributed by atoms with Crippen molar-refractivity contribution >= 4 is 0 Å². The second kappa shape index (κ2) is 2.91. The molecule has 0 aromatic heterocycles. The highest BCUT2D eigenvalue weighted by atomic mass is 15.0. The fraction of sp³-hybridized carbons (Fsp3) is 0.700. The van der Waals surface area contributed by atoms with Crippen LogP contribution >= 0.6 is 0 Å². The summed E-state index contributed by atoms with van der Waals surface area (Å²) in [7, 11) is 0. The van der Waals surface area contributed by atoms with Crippen molar-refractivity contribution in [2.75, 3.05) is 6.54 Å². The Balaban J connectivity index is 2.21. The summed E-state index contributed by atoms with van der Waals surface area (Å²) in [6, 6.07) is 2.28. The minimum absolute atomic E-state index is 0.212. The molecular weight excluding hydrogens is 148 g/mol. The van der Waals surface area contributed by atoms with Crippen LogP contribution in [0.1, 0.15) is 32.1 Å². The summed E-state index contributed by atoms with van der Waals surface area (Å²) < 4.78 is 0. The lowest BCUT2D eigenvalue weighted by Gasteiger charge is -2.29. The molecule has 2 aliphatic rings. The van der Waals surface area contributed by atoms with Crippen LogP contribution < -0.4 is 5.32 Å². The molecule has 12 heavy (non-hydrogen) atoms. The van der Waals surface area contributed by atoms with Crippen LogP contribution in [0.4, 0.5) is 0 Å². The van der Waals surface area contributed by atoms with Gasteiger partial charge in [-0.3, -0.25) is 0 Å². The maximum atomic E-state index is 8.79. The van der Waals surface area contributed by atoms with E-state index in [2.05, 4.69) is 17.5 Å². The maximum Gasteiger partial charge on any atom is 0.0944 e. The third kappa shape index (κ3) is 1.25. The van der Waals surface area contributed by atoms with Gasteiger partial charge in [0.15, 0.2) is 0 Å². The molecule has 1 atom stereocenters. The van der Waals surface area contributed by atoms with Gasteiger partial charge in [-0.1, -0.05) is 6.08 Å². The molecule has 1 fully saturated rings. The molecule has 1 heterocycles. The predicted octanol–water partition coefficient (Wildman–Crippen LogP) is 1.74. The average Bonchev–Trinajstić information content (AvgIpc) is 2.53. The first-order chi connectivity index (χ1) is 5.85. The number of hydrogen-bond acceptors (Lipinski definition) is 2. The Morgan fingerprint density at radius 3 is 2.92 bits per heavy atom. The van der Waals surface area contributed by atoms with E-state index in [-0.39, 0.29) is 5.54 Å². The summed E-state index contributed by atoms with van der Waals surface area (Å²) in [6.07, 6.45) is 8.03. The Hall–Kier alpha value is -0.810. The molecule has 1 N–H and O–H groups in total. The third-order valence-corrected chi connectivity index (χ3v) is 2.94. The van der Waals surface area contributed by atoms with E-state index in [1.54, 1.807) is 0 Å². The van der Waals surface area contributed by atoms with Crippen LogP contribution in [0.15, 0.2) is 11.6 Å². The molecule has 0 radical (unpaired) electrons. The number of nitrogens with one attached hydrogen (secondary N) is 1. The van der Waals surface area contributed by atoms with Crippen LogP contribution in [0, 0.1) is 11.3 Å². The van der Waals surface area contributed by atoms with Gasteiger partial charge in [-0.05, 0) is 38.6 Å². The first kappa shape index (κ1) is 7.82. The monoisotopic (exact) mass is 162 g/mol. The quantitative estimate of drug-likeness (QED) is 0.589. The molecule has 0 aromatic rings. The van der Waals surface area contributed by atoms with Crippen molar-refractivity contribution in [3.63, 3.8) is 0 Å². The van der Waals surface area contributed by atoms with Gasteiger partial charge in [0.05, 0.1) is 6.07 Å². The highest BCUT2D eigenvalue weighted by Gasteiger charge is 2.33. The van der Waals surface area contributed by atoms with E-state index in [0.29, 0.717) is 0 Å². The highest BCUT2D eigenvalue weighted by molar-refractivity contribution is 5.29. The number of rotatable bonds is 0. The van der Waals surface area contributed by atoms with E-state index < -0.39 is 0 Å². The summed E-state index contributed by atoms with van der Waals surface area (Å²) in [5.41, 5.74) is 1.19. The van der Waals surface area contributed by atoms with Crippen molar-refractivity contribution in [2.24, 2.45) is 0 Å². The van der Waals surface area contributed by atoms with Gasteiger partial charge in [0.2, 0.25) is 0 Å². The lowest BCUT2D eigenvalue weighted by molar-refractivity contribution is 0.403. The zero-order valence-corrected chi connectivity index (χ0v) is 7.27. The summed E-state index contributed by atoms with van der Waals surface area (Å²) in [4.78, 5) is 0. The molecule has 1 saturated heterocycles. The molecule has 1 spiro atoms. The van der Waals surface area contributed by atoms with Crippen molar-refractivity contribution in [2.45, 2.75) is 37.6 Å². The Labute approximate surface area is 73.3 Å². The van der Waals surface area contributed by atoms with E-state index in [4.69, 9.17) is 5.26 Å². The Morgan fingerprint density at radius 1 is 1.42 bits per heavy atom. The van der Waals surface area contributed by atoms with E-state index in [1.807, 2.05) is 0 Å². The van der Waals surface area contributed by atoms with E-state index >= 15 is 0 Å². The van der Waals surface area contributed by atoms with Crippen molar-refractivity contribution in [1.82, 2.24) is 5.32 Å². The average molecular weight is 162 g/mol. The maximum absolute atomic E-state index is 8.79. The van der Waals surface area contributed by atoms with Crippen LogP contribution in [-0.4, -0.2) is 12.1 Å². The van der Waals surface area contributed by atoms with Crippen molar-refractivity contribution < 1.29 is 0 Å². The number of nitrogens with zero attached hydrogens (tertiary/aromatic N) is 1. The second-order valence-corrected chi connectivity index (χ2v) is 3.82. The van der Waals surface area contributed by atoms with Gasteiger partial charge in [0, 0.05) is 11.1 Å². The zero-order valence-electron chi connectivity index (χ0n) is 7.27. The van der Waals surface area contributed by atoms with Crippen LogP contribution in [0.5, 0.6) is 0 Å². The van der Waals surface area contributed by atoms with Crippen LogP contribution in [0.2, 0.25) is 0 Å². The first-order valence-corrected chi connectivity index (χ1v) is 4.72. The van der Waals surface area contributed by atoms with Crippen LogP contribution in [0.3, 0.4) is 0 Å². The molecule has 0 aromatic carbocycles. The molecule has 2 heteroatoms. The van der Waals surface area contributed by atoms with Gasteiger partial charge >= 0.3 is 0 Å². The lowest BCUT2D eigenvalue weighted by Crippen LogP contribution is -2.39. The summed E-state index contributed by atoms with van der Waals surface area (Å²) in [6.45, 7) is 1.12. The van der Waals surface area contributed by atoms with E-state index in [1.165, 1.54) is 25.7 Å². The van der Waals surface area contributed by atoms with Gasteiger partial charge in [-0.25, -0.2) is 0 Å². The molecule has 0 bridgehead atoms. The molecular formula is C10H14N2. The van der Waals surface area contributed by atoms with Gasteiger partial charge < -0.3 is 5.32 Å². The SMILES string of the molecule is N#CC1=CC2(CCCN2)CCC1. The third-order valence-electron chi connectivity index (χ3n) is 2.94. The normalized spacial score (nSPS) is 34.8. The zero-order chi connectivity index (χ0) is 8.44. The van der Waals surface area contributed by atoms with Gasteiger partial charge in [0.25, 0.3) is 0 Å². The Bertz CT molecular complexity index is 241. The molecule has 64 valence electrons. The molecule has 1 aliphatic carbocycles. The Morgan fingerprint density at radius 2 is 2.25 bits per heavy atom. The van der Waals surface area contributed by atoms with Gasteiger partial charge in [-0.15, -0.1) is 0 Å². The van der Waals surface area contributed by atoms with Crippen molar-refractivity contribution in [3.8, 4) is 6.07 Å². The summed E-state index contributed by atoms with van der Waals surface area (Å²) >= 11 is 0. The number of hydrogen-bond donors (Lipinski definition) is 1. The minimum Gasteiger partial charge on any atom is -0.308 e. The predicted molar refractivity (Wildman–Crippen MR) is 47.5 cm³/mol. The van der Waals surface area contributed by atoms with E-state index in [0.717, 1.165) is 18.5 Å². The second-order valence-electron chi connectivity index (χ2n) is 3.82. The van der Waals surface area contributed by atoms with Crippen molar-refractivity contribution in [3.05, 3.63) is 11.6 Å². The van der Waals surface area contributed by atoms with Gasteiger partial charge in [-0.2, -0.15) is 5.26 Å². The molecule has 2 rings (SSSR count). The molecule has 2 nitrogen and oxygen atoms in total. The molecule has 0 saturated carbocycles. The van der Waals surface area contributed by atoms with Gasteiger partial charge in [0.1, 0.15) is 0 Å². The topological polar surface area (TPSA) is 35.8 Å². The molecule has 0 amide bonds. The lowest BCUT2D eigenvalue weighted by atomic mass is 9.83. The van der Waals surface area contributed by atoms with Crippen LogP contribution in [-0.2, 0) is 0 Å². The van der Waals surface area contributed by atoms with E-state index in [9.17, 15) is 0 Å². The summed E-state index contributed by atoms with van der Waals surface area (Å²) in [5, 5.41) is 12.3. The van der Waals surface area contributed by atoms with Crippen molar-refractivity contribution in [1.29, 1.82) is 5.26 Å². The Kier molecular flexibility index (Phi) is 1.90. The highest BCUT2D eigenvalue weighted by Crippen LogP contribution is 2.32. The fourth-order valence-corrected chi connectivity index (χ4v) is 2.33. The molecule has 1 unspecified atom stereocenters. The first-order valence-electron chi connectivity index (χ1n) is 4.72. The fourth-order valence-electron chi connectivity index (χ4n) is 2.33. The minimum atomic E-state index is 0.212. The standard InChI is InChI=1S/C10H14N2/c11-8-9-3-1-4-10(7-9)5-2-6-12-10/h7,12H,1-6H2.